The molecule has 80 valence electrons. The summed E-state index contributed by atoms with van der Waals surface area (Å²) in [5, 5.41) is 9.14. The van der Waals surface area contributed by atoms with Crippen LogP contribution in [0.1, 0.15) is 25.7 Å². The maximum absolute atomic E-state index is 11.2. The molecular weight excluding hydrogens is 200 g/mol. The van der Waals surface area contributed by atoms with Crippen molar-refractivity contribution in [3.05, 3.63) is 10.5 Å². The van der Waals surface area contributed by atoms with Gasteiger partial charge in [0.1, 0.15) is 0 Å². The van der Waals surface area contributed by atoms with Crippen LogP contribution in [0, 0.1) is 5.92 Å². The van der Waals surface area contributed by atoms with Crippen molar-refractivity contribution in [3.63, 3.8) is 0 Å². The van der Waals surface area contributed by atoms with E-state index in [-0.39, 0.29) is 12.5 Å². The molecule has 1 fully saturated rings. The highest BCUT2D eigenvalue weighted by Crippen LogP contribution is 2.32. The molecule has 0 amide bonds. The molecule has 3 nitrogen and oxygen atoms in total. The molecule has 14 heavy (non-hydrogen) atoms. The molecule has 1 saturated carbocycles. The second-order valence-corrected chi connectivity index (χ2v) is 3.94. The zero-order valence-corrected chi connectivity index (χ0v) is 9.22. The van der Waals surface area contributed by atoms with E-state index in [2.05, 4.69) is 17.4 Å². The average Bonchev–Trinajstić information content (AvgIpc) is 2.26. The first kappa shape index (κ1) is 11.6. The van der Waals surface area contributed by atoms with Gasteiger partial charge in [-0.3, -0.25) is 0 Å². The molecule has 1 aliphatic rings. The molecule has 4 heteroatoms. The van der Waals surface area contributed by atoms with E-state index in [0.717, 1.165) is 31.3 Å². The lowest BCUT2D eigenvalue weighted by molar-refractivity contribution is -0.135. The average molecular weight is 216 g/mol. The Morgan fingerprint density at radius 2 is 2.36 bits per heavy atom. The molecule has 1 unspecified atom stereocenters. The first-order valence-corrected chi connectivity index (χ1v) is 5.26. The van der Waals surface area contributed by atoms with Crippen LogP contribution in [0.4, 0.5) is 0 Å². The minimum atomic E-state index is -0.399. The fourth-order valence-electron chi connectivity index (χ4n) is 1.83. The zero-order valence-electron chi connectivity index (χ0n) is 8.32. The Kier molecular flexibility index (Phi) is 4.48. The van der Waals surface area contributed by atoms with Crippen LogP contribution in [0.25, 0.3) is 0 Å². The Morgan fingerprint density at radius 1 is 1.64 bits per heavy atom. The molecule has 1 aliphatic carbocycles. The van der Waals surface area contributed by atoms with Gasteiger partial charge in [-0.15, -0.1) is 12.6 Å². The van der Waals surface area contributed by atoms with Gasteiger partial charge in [0.05, 0.1) is 12.0 Å². The van der Waals surface area contributed by atoms with Crippen LogP contribution >= 0.6 is 12.6 Å². The number of thiol groups is 1. The van der Waals surface area contributed by atoms with Gasteiger partial charge in [0.25, 0.3) is 0 Å². The minimum Gasteiger partial charge on any atom is -0.465 e. The fraction of sp³-hybridized carbons (Fsp3) is 0.700. The Balaban J connectivity index is 2.84. The van der Waals surface area contributed by atoms with Crippen molar-refractivity contribution in [1.29, 1.82) is 0 Å². The lowest BCUT2D eigenvalue weighted by atomic mass is 9.84. The number of methoxy groups -OCH3 is 1. The van der Waals surface area contributed by atoms with Gasteiger partial charge in [-0.1, -0.05) is 6.42 Å². The molecule has 0 aromatic heterocycles. The van der Waals surface area contributed by atoms with Crippen LogP contribution in [0.5, 0.6) is 0 Å². The number of rotatable bonds is 2. The van der Waals surface area contributed by atoms with E-state index in [4.69, 9.17) is 5.11 Å². The molecule has 0 radical (unpaired) electrons. The molecule has 0 aliphatic heterocycles. The summed E-state index contributed by atoms with van der Waals surface area (Å²) in [6.07, 6.45) is 3.95. The van der Waals surface area contributed by atoms with Gasteiger partial charge >= 0.3 is 5.97 Å². The SMILES string of the molecule is COC(=O)/C(S)=C1\CCCCC1CO. The highest BCUT2D eigenvalue weighted by Gasteiger charge is 2.23. The lowest BCUT2D eigenvalue weighted by Gasteiger charge is -2.24. The van der Waals surface area contributed by atoms with E-state index in [9.17, 15) is 4.79 Å². The summed E-state index contributed by atoms with van der Waals surface area (Å²) < 4.78 is 4.60. The largest absolute Gasteiger partial charge is 0.465 e. The first-order valence-electron chi connectivity index (χ1n) is 4.82. The number of esters is 1. The van der Waals surface area contributed by atoms with Gasteiger partial charge in [0, 0.05) is 12.5 Å². The van der Waals surface area contributed by atoms with E-state index >= 15 is 0 Å². The minimum absolute atomic E-state index is 0.0929. The number of hydrogen-bond acceptors (Lipinski definition) is 4. The molecule has 0 aromatic rings. The second kappa shape index (κ2) is 5.41. The molecule has 0 spiro atoms. The molecule has 1 atom stereocenters. The van der Waals surface area contributed by atoms with Gasteiger partial charge in [0.15, 0.2) is 0 Å². The van der Waals surface area contributed by atoms with Crippen LogP contribution in [-0.4, -0.2) is 24.8 Å². The summed E-state index contributed by atoms with van der Waals surface area (Å²) >= 11 is 4.16. The second-order valence-electron chi connectivity index (χ2n) is 3.49. The summed E-state index contributed by atoms with van der Waals surface area (Å²) in [7, 11) is 1.34. The molecule has 0 heterocycles. The number of ether oxygens (including phenoxy) is 1. The molecule has 0 bridgehead atoms. The van der Waals surface area contributed by atoms with Crippen LogP contribution in [0.3, 0.4) is 0 Å². The van der Waals surface area contributed by atoms with Crippen molar-refractivity contribution in [2.75, 3.05) is 13.7 Å². The van der Waals surface area contributed by atoms with E-state index in [1.165, 1.54) is 7.11 Å². The van der Waals surface area contributed by atoms with Crippen molar-refractivity contribution in [2.45, 2.75) is 25.7 Å². The summed E-state index contributed by atoms with van der Waals surface area (Å²) in [6.45, 7) is 0.0936. The maximum Gasteiger partial charge on any atom is 0.344 e. The summed E-state index contributed by atoms with van der Waals surface area (Å²) in [5.41, 5.74) is 0.953. The van der Waals surface area contributed by atoms with Crippen LogP contribution in [-0.2, 0) is 9.53 Å². The third-order valence-corrected chi connectivity index (χ3v) is 3.11. The van der Waals surface area contributed by atoms with Crippen LogP contribution in [0.15, 0.2) is 10.5 Å². The number of carbonyl (C=O) groups excluding carboxylic acids is 1. The number of carbonyl (C=O) groups is 1. The van der Waals surface area contributed by atoms with Gasteiger partial charge in [-0.05, 0) is 24.8 Å². The van der Waals surface area contributed by atoms with Gasteiger partial charge in [-0.25, -0.2) is 4.79 Å². The van der Waals surface area contributed by atoms with Crippen LogP contribution in [0.2, 0.25) is 0 Å². The Bertz CT molecular complexity index is 248. The Hall–Kier alpha value is -0.480. The van der Waals surface area contributed by atoms with E-state index in [1.54, 1.807) is 0 Å². The number of hydrogen-bond donors (Lipinski definition) is 2. The predicted molar refractivity (Wildman–Crippen MR) is 57.1 cm³/mol. The van der Waals surface area contributed by atoms with Crippen molar-refractivity contribution in [1.82, 2.24) is 0 Å². The summed E-state index contributed by atoms with van der Waals surface area (Å²) in [4.78, 5) is 11.6. The maximum atomic E-state index is 11.2. The molecular formula is C10H16O3S. The number of aliphatic hydroxyl groups excluding tert-OH is 1. The normalized spacial score (nSPS) is 25.8. The third-order valence-electron chi connectivity index (χ3n) is 2.64. The highest BCUT2D eigenvalue weighted by molar-refractivity contribution is 7.85. The van der Waals surface area contributed by atoms with E-state index in [0.29, 0.717) is 4.91 Å². The van der Waals surface area contributed by atoms with Gasteiger partial charge in [-0.2, -0.15) is 0 Å². The van der Waals surface area contributed by atoms with Gasteiger partial charge < -0.3 is 9.84 Å². The topological polar surface area (TPSA) is 46.5 Å². The van der Waals surface area contributed by atoms with Crippen molar-refractivity contribution < 1.29 is 14.6 Å². The van der Waals surface area contributed by atoms with E-state index in [1.807, 2.05) is 0 Å². The number of aliphatic hydroxyl groups is 1. The quantitative estimate of drug-likeness (QED) is 0.418. The third kappa shape index (κ3) is 2.51. The summed E-state index contributed by atoms with van der Waals surface area (Å²) in [5.74, 6) is -0.306. The van der Waals surface area contributed by atoms with Gasteiger partial charge in [0.2, 0.25) is 0 Å². The standard InChI is InChI=1S/C10H16O3S/c1-13-10(12)9(14)8-5-3-2-4-7(8)6-11/h7,11,14H,2-6H2,1H3/b9-8-. The molecule has 1 N–H and O–H groups in total. The van der Waals surface area contributed by atoms with Crippen molar-refractivity contribution in [3.8, 4) is 0 Å². The molecule has 0 saturated heterocycles. The summed E-state index contributed by atoms with van der Waals surface area (Å²) in [6, 6.07) is 0. The fourth-order valence-corrected chi connectivity index (χ4v) is 2.21. The van der Waals surface area contributed by atoms with Crippen molar-refractivity contribution >= 4 is 18.6 Å². The highest BCUT2D eigenvalue weighted by atomic mass is 32.1. The zero-order chi connectivity index (χ0) is 10.6. The molecule has 1 rings (SSSR count). The Labute approximate surface area is 89.6 Å². The monoisotopic (exact) mass is 216 g/mol. The van der Waals surface area contributed by atoms with E-state index < -0.39 is 5.97 Å². The lowest BCUT2D eigenvalue weighted by Crippen LogP contribution is -2.17. The molecule has 0 aromatic carbocycles. The predicted octanol–water partition coefficient (Wildman–Crippen LogP) is 1.53. The van der Waals surface area contributed by atoms with Crippen molar-refractivity contribution in [2.24, 2.45) is 5.92 Å². The van der Waals surface area contributed by atoms with Crippen LogP contribution < -0.4 is 0 Å². The first-order chi connectivity index (χ1) is 6.70. The smallest absolute Gasteiger partial charge is 0.344 e. The Morgan fingerprint density at radius 3 is 2.93 bits per heavy atom.